The standard InChI is InChI=1S/C21H24N6/c1-26-11-13-27(14-12-26)20-15-19(23-16-17-7-9-22-10-8-17)24-21(25-20)18-5-3-2-4-6-18/h2-10,15H,11-14,16H2,1H3,(H,23,24,25). The summed E-state index contributed by atoms with van der Waals surface area (Å²) in [6.45, 7) is 4.75. The van der Waals surface area contributed by atoms with E-state index in [9.17, 15) is 0 Å². The minimum Gasteiger partial charge on any atom is -0.366 e. The maximum atomic E-state index is 4.85. The Morgan fingerprint density at radius 3 is 2.41 bits per heavy atom. The zero-order valence-corrected chi connectivity index (χ0v) is 15.5. The zero-order valence-electron chi connectivity index (χ0n) is 15.5. The molecule has 2 aromatic heterocycles. The lowest BCUT2D eigenvalue weighted by atomic mass is 10.2. The third-order valence-electron chi connectivity index (χ3n) is 4.79. The van der Waals surface area contributed by atoms with Crippen LogP contribution >= 0.6 is 0 Å². The first kappa shape index (κ1) is 17.4. The van der Waals surface area contributed by atoms with E-state index < -0.39 is 0 Å². The van der Waals surface area contributed by atoms with Crippen molar-refractivity contribution in [2.45, 2.75) is 6.54 Å². The first-order valence-electron chi connectivity index (χ1n) is 9.29. The first-order valence-corrected chi connectivity index (χ1v) is 9.29. The third-order valence-corrected chi connectivity index (χ3v) is 4.79. The van der Waals surface area contributed by atoms with Gasteiger partial charge in [0, 0.05) is 56.7 Å². The first-order chi connectivity index (χ1) is 13.3. The maximum Gasteiger partial charge on any atom is 0.163 e. The molecule has 1 aromatic carbocycles. The van der Waals surface area contributed by atoms with Crippen molar-refractivity contribution in [3.8, 4) is 11.4 Å². The summed E-state index contributed by atoms with van der Waals surface area (Å²) in [6.07, 6.45) is 3.62. The molecule has 3 aromatic rings. The van der Waals surface area contributed by atoms with Crippen LogP contribution in [0, 0.1) is 0 Å². The average Bonchev–Trinajstić information content (AvgIpc) is 2.74. The second-order valence-electron chi connectivity index (χ2n) is 6.80. The van der Waals surface area contributed by atoms with Crippen molar-refractivity contribution in [3.63, 3.8) is 0 Å². The van der Waals surface area contributed by atoms with E-state index in [1.54, 1.807) is 0 Å². The van der Waals surface area contributed by atoms with Gasteiger partial charge in [0.25, 0.3) is 0 Å². The highest BCUT2D eigenvalue weighted by Crippen LogP contribution is 2.23. The predicted molar refractivity (Wildman–Crippen MR) is 109 cm³/mol. The summed E-state index contributed by atoms with van der Waals surface area (Å²) >= 11 is 0. The number of anilines is 2. The van der Waals surface area contributed by atoms with Gasteiger partial charge >= 0.3 is 0 Å². The Bertz CT molecular complexity index is 860. The molecule has 1 aliphatic heterocycles. The van der Waals surface area contributed by atoms with Gasteiger partial charge in [0.2, 0.25) is 0 Å². The SMILES string of the molecule is CN1CCN(c2cc(NCc3ccncc3)nc(-c3ccccc3)n2)CC1. The third kappa shape index (κ3) is 4.41. The molecule has 1 N–H and O–H groups in total. The largest absolute Gasteiger partial charge is 0.366 e. The quantitative estimate of drug-likeness (QED) is 0.755. The molecule has 1 saturated heterocycles. The molecule has 27 heavy (non-hydrogen) atoms. The summed E-state index contributed by atoms with van der Waals surface area (Å²) < 4.78 is 0. The lowest BCUT2D eigenvalue weighted by Gasteiger charge is -2.33. The topological polar surface area (TPSA) is 57.2 Å². The van der Waals surface area contributed by atoms with Crippen LogP contribution in [-0.4, -0.2) is 53.1 Å². The van der Waals surface area contributed by atoms with Gasteiger partial charge in [0.15, 0.2) is 5.82 Å². The molecule has 6 nitrogen and oxygen atoms in total. The van der Waals surface area contributed by atoms with Gasteiger partial charge in [0.05, 0.1) is 0 Å². The maximum absolute atomic E-state index is 4.85. The van der Waals surface area contributed by atoms with Gasteiger partial charge in [-0.15, -0.1) is 0 Å². The monoisotopic (exact) mass is 360 g/mol. The number of hydrogen-bond donors (Lipinski definition) is 1. The second kappa shape index (κ2) is 8.14. The van der Waals surface area contributed by atoms with E-state index in [-0.39, 0.29) is 0 Å². The number of nitrogens with zero attached hydrogens (tertiary/aromatic N) is 5. The van der Waals surface area contributed by atoms with Gasteiger partial charge in [-0.1, -0.05) is 30.3 Å². The number of piperazine rings is 1. The van der Waals surface area contributed by atoms with Crippen molar-refractivity contribution in [1.29, 1.82) is 0 Å². The van der Waals surface area contributed by atoms with Crippen LogP contribution in [0.15, 0.2) is 60.9 Å². The van der Waals surface area contributed by atoms with Gasteiger partial charge < -0.3 is 15.1 Å². The van der Waals surface area contributed by atoms with Crippen LogP contribution < -0.4 is 10.2 Å². The van der Waals surface area contributed by atoms with E-state index >= 15 is 0 Å². The molecule has 0 aliphatic carbocycles. The number of hydrogen-bond acceptors (Lipinski definition) is 6. The Hall–Kier alpha value is -2.99. The fourth-order valence-corrected chi connectivity index (χ4v) is 3.13. The molecule has 0 bridgehead atoms. The summed E-state index contributed by atoms with van der Waals surface area (Å²) in [7, 11) is 2.16. The van der Waals surface area contributed by atoms with Crippen molar-refractivity contribution in [2.75, 3.05) is 43.4 Å². The Labute approximate surface area is 159 Å². The Balaban J connectivity index is 1.62. The van der Waals surface area contributed by atoms with E-state index in [2.05, 4.69) is 45.3 Å². The van der Waals surface area contributed by atoms with E-state index in [0.717, 1.165) is 49.2 Å². The van der Waals surface area contributed by atoms with Crippen LogP contribution in [0.3, 0.4) is 0 Å². The van der Waals surface area contributed by atoms with Crippen molar-refractivity contribution in [1.82, 2.24) is 19.9 Å². The summed E-state index contributed by atoms with van der Waals surface area (Å²) in [4.78, 5) is 18.4. The Morgan fingerprint density at radius 1 is 0.926 bits per heavy atom. The fraction of sp³-hybridized carbons (Fsp3) is 0.286. The van der Waals surface area contributed by atoms with Crippen LogP contribution in [0.5, 0.6) is 0 Å². The van der Waals surface area contributed by atoms with Crippen molar-refractivity contribution in [3.05, 3.63) is 66.5 Å². The highest BCUT2D eigenvalue weighted by Gasteiger charge is 2.17. The molecule has 0 spiro atoms. The number of benzene rings is 1. The normalized spacial score (nSPS) is 14.9. The molecule has 1 fully saturated rings. The van der Waals surface area contributed by atoms with Crippen LogP contribution in [-0.2, 0) is 6.54 Å². The molecule has 0 saturated carbocycles. The smallest absolute Gasteiger partial charge is 0.163 e. The number of nitrogens with one attached hydrogen (secondary N) is 1. The molecule has 0 radical (unpaired) electrons. The second-order valence-corrected chi connectivity index (χ2v) is 6.80. The minimum atomic E-state index is 0.704. The molecular formula is C21H24N6. The minimum absolute atomic E-state index is 0.704. The van der Waals surface area contributed by atoms with Gasteiger partial charge in [-0.25, -0.2) is 9.97 Å². The Kier molecular flexibility index (Phi) is 5.25. The number of aromatic nitrogens is 3. The number of rotatable bonds is 5. The van der Waals surface area contributed by atoms with E-state index in [4.69, 9.17) is 9.97 Å². The summed E-state index contributed by atoms with van der Waals surface area (Å²) in [5.74, 6) is 2.58. The van der Waals surface area contributed by atoms with Crippen LogP contribution in [0.25, 0.3) is 11.4 Å². The Morgan fingerprint density at radius 2 is 1.67 bits per heavy atom. The van der Waals surface area contributed by atoms with Crippen molar-refractivity contribution >= 4 is 11.6 Å². The summed E-state index contributed by atoms with van der Waals surface area (Å²) in [6, 6.07) is 16.2. The van der Waals surface area contributed by atoms with E-state index in [1.165, 1.54) is 5.56 Å². The molecule has 4 rings (SSSR count). The van der Waals surface area contributed by atoms with Crippen LogP contribution in [0.2, 0.25) is 0 Å². The zero-order chi connectivity index (χ0) is 18.5. The fourth-order valence-electron chi connectivity index (χ4n) is 3.13. The lowest BCUT2D eigenvalue weighted by molar-refractivity contribution is 0.312. The molecule has 0 atom stereocenters. The van der Waals surface area contributed by atoms with E-state index in [0.29, 0.717) is 6.54 Å². The van der Waals surface area contributed by atoms with Crippen molar-refractivity contribution < 1.29 is 0 Å². The van der Waals surface area contributed by atoms with Crippen LogP contribution in [0.1, 0.15) is 5.56 Å². The van der Waals surface area contributed by atoms with E-state index in [1.807, 2.05) is 42.7 Å². The number of pyridine rings is 1. The molecule has 3 heterocycles. The molecule has 6 heteroatoms. The van der Waals surface area contributed by atoms with Gasteiger partial charge in [-0.05, 0) is 24.7 Å². The van der Waals surface area contributed by atoms with Gasteiger partial charge in [0.1, 0.15) is 11.6 Å². The number of likely N-dealkylation sites (N-methyl/N-ethyl adjacent to an activating group) is 1. The molecule has 0 unspecified atom stereocenters. The van der Waals surface area contributed by atoms with Gasteiger partial charge in [-0.2, -0.15) is 0 Å². The highest BCUT2D eigenvalue weighted by atomic mass is 15.3. The lowest BCUT2D eigenvalue weighted by Crippen LogP contribution is -2.44. The van der Waals surface area contributed by atoms with Gasteiger partial charge in [-0.3, -0.25) is 4.98 Å². The van der Waals surface area contributed by atoms with Crippen molar-refractivity contribution in [2.24, 2.45) is 0 Å². The van der Waals surface area contributed by atoms with Crippen LogP contribution in [0.4, 0.5) is 11.6 Å². The summed E-state index contributed by atoms with van der Waals surface area (Å²) in [5.41, 5.74) is 2.20. The molecule has 1 aliphatic rings. The molecular weight excluding hydrogens is 336 g/mol. The average molecular weight is 360 g/mol. The molecule has 138 valence electrons. The molecule has 0 amide bonds. The predicted octanol–water partition coefficient (Wildman–Crippen LogP) is 2.90. The summed E-state index contributed by atoms with van der Waals surface area (Å²) in [5, 5.41) is 3.44. The highest BCUT2D eigenvalue weighted by molar-refractivity contribution is 5.62.